The summed E-state index contributed by atoms with van der Waals surface area (Å²) in [5, 5.41) is 11.5. The lowest BCUT2D eigenvalue weighted by molar-refractivity contribution is -0.901. The number of quaternary nitrogens is 1. The second kappa shape index (κ2) is 6.37. The van der Waals surface area contributed by atoms with Crippen molar-refractivity contribution in [1.29, 1.82) is 0 Å². The Morgan fingerprint density at radius 2 is 1.84 bits per heavy atom. The fourth-order valence-electron chi connectivity index (χ4n) is 3.83. The van der Waals surface area contributed by atoms with Crippen molar-refractivity contribution < 1.29 is 14.4 Å². The molecule has 2 aromatic carbocycles. The minimum absolute atomic E-state index is 0.250. The first-order chi connectivity index (χ1) is 12.1. The van der Waals surface area contributed by atoms with Crippen molar-refractivity contribution in [3.63, 3.8) is 0 Å². The Morgan fingerprint density at radius 3 is 2.56 bits per heavy atom. The third kappa shape index (κ3) is 2.94. The number of nitrogens with one attached hydrogen (secondary N) is 1. The smallest absolute Gasteiger partial charge is 0.336 e. The molecule has 1 saturated heterocycles. The van der Waals surface area contributed by atoms with E-state index >= 15 is 0 Å². The zero-order valence-electron chi connectivity index (χ0n) is 14.3. The van der Waals surface area contributed by atoms with Crippen LogP contribution in [0.25, 0.3) is 22.1 Å². The van der Waals surface area contributed by atoms with Crippen molar-refractivity contribution in [2.45, 2.75) is 26.3 Å². The Labute approximate surface area is 146 Å². The van der Waals surface area contributed by atoms with E-state index in [9.17, 15) is 9.90 Å². The summed E-state index contributed by atoms with van der Waals surface area (Å²) in [4.78, 5) is 13.5. The number of benzene rings is 2. The second-order valence-corrected chi connectivity index (χ2v) is 6.87. The zero-order chi connectivity index (χ0) is 17.4. The molecule has 2 heterocycles. The second-order valence-electron chi connectivity index (χ2n) is 6.87. The van der Waals surface area contributed by atoms with Crippen LogP contribution in [-0.4, -0.2) is 18.2 Å². The van der Waals surface area contributed by atoms with Crippen molar-refractivity contribution in [3.8, 4) is 16.9 Å². The normalized spacial score (nSPS) is 15.1. The summed E-state index contributed by atoms with van der Waals surface area (Å²) in [7, 11) is 0. The number of phenolic OH excluding ortho intramolecular Hbond substituents is 1. The summed E-state index contributed by atoms with van der Waals surface area (Å²) in [5.41, 5.74) is 3.47. The lowest BCUT2D eigenvalue weighted by Gasteiger charge is -2.16. The molecule has 1 aliphatic heterocycles. The van der Waals surface area contributed by atoms with E-state index in [0.717, 1.165) is 41.7 Å². The van der Waals surface area contributed by atoms with Crippen molar-refractivity contribution in [3.05, 3.63) is 64.0 Å². The predicted molar refractivity (Wildman–Crippen MR) is 98.0 cm³/mol. The van der Waals surface area contributed by atoms with Crippen LogP contribution in [-0.2, 0) is 6.54 Å². The maximum atomic E-state index is 12.1. The summed E-state index contributed by atoms with van der Waals surface area (Å²) in [6.07, 6.45) is 2.49. The molecular formula is C21H22NO3+. The molecule has 0 amide bonds. The van der Waals surface area contributed by atoms with Gasteiger partial charge in [0.15, 0.2) is 0 Å². The predicted octanol–water partition coefficient (Wildman–Crippen LogP) is 2.65. The third-order valence-corrected chi connectivity index (χ3v) is 5.15. The molecule has 0 saturated carbocycles. The molecule has 0 unspecified atom stereocenters. The van der Waals surface area contributed by atoms with Crippen LogP contribution >= 0.6 is 0 Å². The molecule has 1 aromatic heterocycles. The van der Waals surface area contributed by atoms with E-state index in [1.165, 1.54) is 17.7 Å². The van der Waals surface area contributed by atoms with Crippen LogP contribution in [0.2, 0.25) is 0 Å². The number of likely N-dealkylation sites (tertiary alicyclic amines) is 1. The Kier molecular flexibility index (Phi) is 4.06. The van der Waals surface area contributed by atoms with Crippen LogP contribution in [0.15, 0.2) is 51.7 Å². The van der Waals surface area contributed by atoms with E-state index in [2.05, 4.69) is 0 Å². The van der Waals surface area contributed by atoms with Crippen molar-refractivity contribution in [1.82, 2.24) is 0 Å². The van der Waals surface area contributed by atoms with Gasteiger partial charge in [0.05, 0.1) is 13.1 Å². The van der Waals surface area contributed by atoms with Crippen molar-refractivity contribution in [2.75, 3.05) is 13.1 Å². The standard InChI is InChI=1S/C21H21NO3/c1-14-20(24)16(13-22-9-5-6-10-22)11-18-17(12-19(23)25-21(14)18)15-7-3-2-4-8-15/h2-4,7-8,11-12,24H,5-6,9-10,13H2,1H3/p+1. The van der Waals surface area contributed by atoms with Gasteiger partial charge in [-0.1, -0.05) is 30.3 Å². The number of phenols is 1. The van der Waals surface area contributed by atoms with Gasteiger partial charge in [-0.25, -0.2) is 4.79 Å². The van der Waals surface area contributed by atoms with E-state index < -0.39 is 5.63 Å². The molecule has 25 heavy (non-hydrogen) atoms. The number of fused-ring (bicyclic) bond motifs is 1. The van der Waals surface area contributed by atoms with E-state index in [-0.39, 0.29) is 5.75 Å². The first kappa shape index (κ1) is 15.9. The van der Waals surface area contributed by atoms with Gasteiger partial charge in [0.2, 0.25) is 0 Å². The number of hydrogen-bond acceptors (Lipinski definition) is 3. The molecule has 0 aliphatic carbocycles. The maximum absolute atomic E-state index is 12.1. The summed E-state index contributed by atoms with van der Waals surface area (Å²) in [6.45, 7) is 4.91. The molecule has 1 aliphatic rings. The Bertz CT molecular complexity index is 970. The topological polar surface area (TPSA) is 54.9 Å². The Balaban J connectivity index is 1.93. The summed E-state index contributed by atoms with van der Waals surface area (Å²) >= 11 is 0. The van der Waals surface area contributed by atoms with E-state index in [1.807, 2.05) is 43.3 Å². The average Bonchev–Trinajstić information content (AvgIpc) is 3.13. The lowest BCUT2D eigenvalue weighted by Crippen LogP contribution is -3.08. The molecule has 4 rings (SSSR count). The monoisotopic (exact) mass is 336 g/mol. The summed E-state index contributed by atoms with van der Waals surface area (Å²) < 4.78 is 5.44. The largest absolute Gasteiger partial charge is 0.507 e. The third-order valence-electron chi connectivity index (χ3n) is 5.15. The minimum atomic E-state index is -0.397. The Hall–Kier alpha value is -2.59. The first-order valence-electron chi connectivity index (χ1n) is 8.82. The SMILES string of the molecule is Cc1c(O)c(C[NH+]2CCCC2)cc2c(-c3ccccc3)cc(=O)oc12. The highest BCUT2D eigenvalue weighted by Gasteiger charge is 2.21. The van der Waals surface area contributed by atoms with Gasteiger partial charge < -0.3 is 14.4 Å². The molecule has 0 atom stereocenters. The van der Waals surface area contributed by atoms with Crippen molar-refractivity contribution in [2.24, 2.45) is 0 Å². The number of aryl methyl sites for hydroxylation is 1. The molecule has 0 radical (unpaired) electrons. The lowest BCUT2D eigenvalue weighted by atomic mass is 9.97. The number of hydrogen-bond donors (Lipinski definition) is 2. The van der Waals surface area contributed by atoms with Gasteiger partial charge in [-0.05, 0) is 24.1 Å². The van der Waals surface area contributed by atoms with Crippen LogP contribution in [0.5, 0.6) is 5.75 Å². The first-order valence-corrected chi connectivity index (χ1v) is 8.82. The molecular weight excluding hydrogens is 314 g/mol. The molecule has 1 fully saturated rings. The highest BCUT2D eigenvalue weighted by Crippen LogP contribution is 2.35. The zero-order valence-corrected chi connectivity index (χ0v) is 14.3. The highest BCUT2D eigenvalue weighted by molar-refractivity contribution is 5.96. The number of rotatable bonds is 3. The van der Waals surface area contributed by atoms with Gasteiger partial charge in [0, 0.05) is 35.4 Å². The van der Waals surface area contributed by atoms with Crippen LogP contribution in [0.1, 0.15) is 24.0 Å². The maximum Gasteiger partial charge on any atom is 0.336 e. The Morgan fingerprint density at radius 1 is 1.12 bits per heavy atom. The quantitative estimate of drug-likeness (QED) is 0.723. The van der Waals surface area contributed by atoms with Crippen LogP contribution < -0.4 is 10.5 Å². The van der Waals surface area contributed by atoms with Gasteiger partial charge in [0.1, 0.15) is 17.9 Å². The van der Waals surface area contributed by atoms with Gasteiger partial charge in [-0.15, -0.1) is 0 Å². The van der Waals surface area contributed by atoms with Crippen LogP contribution in [0.4, 0.5) is 0 Å². The van der Waals surface area contributed by atoms with Crippen LogP contribution in [0, 0.1) is 6.92 Å². The fourth-order valence-corrected chi connectivity index (χ4v) is 3.83. The van der Waals surface area contributed by atoms with E-state index in [1.54, 1.807) is 6.07 Å². The van der Waals surface area contributed by atoms with Gasteiger partial charge in [0.25, 0.3) is 0 Å². The molecule has 0 spiro atoms. The molecule has 4 nitrogen and oxygen atoms in total. The van der Waals surface area contributed by atoms with Gasteiger partial charge in [-0.2, -0.15) is 0 Å². The molecule has 0 bridgehead atoms. The number of aromatic hydroxyl groups is 1. The average molecular weight is 336 g/mol. The summed E-state index contributed by atoms with van der Waals surface area (Å²) in [5.74, 6) is 0.250. The van der Waals surface area contributed by atoms with Crippen molar-refractivity contribution >= 4 is 11.0 Å². The summed E-state index contributed by atoms with van der Waals surface area (Å²) in [6, 6.07) is 13.4. The van der Waals surface area contributed by atoms with E-state index in [0.29, 0.717) is 11.1 Å². The molecule has 4 heteroatoms. The molecule has 3 aromatic rings. The van der Waals surface area contributed by atoms with E-state index in [4.69, 9.17) is 4.42 Å². The molecule has 128 valence electrons. The fraction of sp³-hybridized carbons (Fsp3) is 0.286. The van der Waals surface area contributed by atoms with Gasteiger partial charge in [-0.3, -0.25) is 0 Å². The van der Waals surface area contributed by atoms with Gasteiger partial charge >= 0.3 is 5.63 Å². The minimum Gasteiger partial charge on any atom is -0.507 e. The van der Waals surface area contributed by atoms with Crippen LogP contribution in [0.3, 0.4) is 0 Å². The molecule has 2 N–H and O–H groups in total. The highest BCUT2D eigenvalue weighted by atomic mass is 16.4.